The second-order valence-corrected chi connectivity index (χ2v) is 8.43. The molecule has 0 radical (unpaired) electrons. The molecule has 1 amide bonds. The summed E-state index contributed by atoms with van der Waals surface area (Å²) in [5.74, 6) is 1.51. The van der Waals surface area contributed by atoms with E-state index < -0.39 is 6.10 Å². The van der Waals surface area contributed by atoms with Gasteiger partial charge < -0.3 is 19.3 Å². The number of nitrogens with zero attached hydrogens (tertiary/aromatic N) is 4. The Labute approximate surface area is 178 Å². The van der Waals surface area contributed by atoms with E-state index in [1.165, 1.54) is 12.8 Å². The third-order valence-electron chi connectivity index (χ3n) is 6.54. The summed E-state index contributed by atoms with van der Waals surface area (Å²) in [4.78, 5) is 21.5. The van der Waals surface area contributed by atoms with Gasteiger partial charge in [-0.2, -0.15) is 0 Å². The van der Waals surface area contributed by atoms with Crippen LogP contribution in [0.15, 0.2) is 36.7 Å². The number of likely N-dealkylation sites (tertiary alicyclic amines) is 1. The van der Waals surface area contributed by atoms with Crippen LogP contribution in [-0.4, -0.2) is 75.8 Å². The van der Waals surface area contributed by atoms with E-state index in [4.69, 9.17) is 4.74 Å². The Morgan fingerprint density at radius 1 is 1.30 bits per heavy atom. The van der Waals surface area contributed by atoms with Crippen molar-refractivity contribution in [1.29, 1.82) is 0 Å². The van der Waals surface area contributed by atoms with Gasteiger partial charge in [-0.1, -0.05) is 6.07 Å². The minimum Gasteiger partial charge on any atom is -0.492 e. The zero-order chi connectivity index (χ0) is 21.1. The molecule has 1 aromatic carbocycles. The van der Waals surface area contributed by atoms with Crippen molar-refractivity contribution < 1.29 is 14.6 Å². The Bertz CT molecular complexity index is 862. The fraction of sp³-hybridized carbons (Fsp3) is 0.565. The Morgan fingerprint density at radius 3 is 2.83 bits per heavy atom. The Balaban J connectivity index is 1.37. The zero-order valence-corrected chi connectivity index (χ0v) is 17.9. The molecule has 162 valence electrons. The lowest BCUT2D eigenvalue weighted by Gasteiger charge is -2.29. The maximum Gasteiger partial charge on any atom is 0.254 e. The highest BCUT2D eigenvalue weighted by atomic mass is 16.5. The molecule has 1 aromatic heterocycles. The van der Waals surface area contributed by atoms with Crippen LogP contribution in [0, 0.1) is 6.92 Å². The number of benzene rings is 1. The average Bonchev–Trinajstić information content (AvgIpc) is 3.49. The molecule has 0 spiro atoms. The largest absolute Gasteiger partial charge is 0.492 e. The molecule has 0 unspecified atom stereocenters. The fourth-order valence-corrected chi connectivity index (χ4v) is 4.78. The lowest BCUT2D eigenvalue weighted by molar-refractivity contribution is 0.0440. The SMILES string of the molecule is Cc1nccn1[C@@H]1CC[C@@H](N(C)C(=O)c2cccc(OCCN3CCCC3)c2)[C@H]1O. The van der Waals surface area contributed by atoms with Crippen molar-refractivity contribution in [1.82, 2.24) is 19.4 Å². The standard InChI is InChI=1S/C23H32N4O3/c1-17-24-10-13-27(17)21-9-8-20(22(21)28)25(2)23(29)18-6-5-7-19(16-18)30-15-14-26-11-3-4-12-26/h5-7,10,13,16,20-22,28H,3-4,8-9,11-12,14-15H2,1-2H3/t20-,21-,22-/m1/s1. The topological polar surface area (TPSA) is 70.8 Å². The molecule has 4 rings (SSSR count). The molecule has 2 aromatic rings. The van der Waals surface area contributed by atoms with Crippen molar-refractivity contribution >= 4 is 5.91 Å². The van der Waals surface area contributed by atoms with Crippen LogP contribution in [0.5, 0.6) is 5.75 Å². The summed E-state index contributed by atoms with van der Waals surface area (Å²) < 4.78 is 7.90. The van der Waals surface area contributed by atoms with Crippen LogP contribution in [0.25, 0.3) is 0 Å². The van der Waals surface area contributed by atoms with Crippen LogP contribution in [0.2, 0.25) is 0 Å². The number of amides is 1. The third-order valence-corrected chi connectivity index (χ3v) is 6.54. The van der Waals surface area contributed by atoms with Gasteiger partial charge in [-0.25, -0.2) is 4.98 Å². The van der Waals surface area contributed by atoms with Gasteiger partial charge in [-0.05, 0) is 63.9 Å². The third kappa shape index (κ3) is 4.37. The first-order chi connectivity index (χ1) is 14.5. The predicted octanol–water partition coefficient (Wildman–Crippen LogP) is 2.50. The van der Waals surface area contributed by atoms with E-state index in [2.05, 4.69) is 9.88 Å². The zero-order valence-electron chi connectivity index (χ0n) is 17.9. The van der Waals surface area contributed by atoms with Crippen molar-refractivity contribution in [3.05, 3.63) is 48.0 Å². The van der Waals surface area contributed by atoms with Gasteiger partial charge in [0.25, 0.3) is 5.91 Å². The monoisotopic (exact) mass is 412 g/mol. The molecule has 2 fully saturated rings. The smallest absolute Gasteiger partial charge is 0.254 e. The van der Waals surface area contributed by atoms with Gasteiger partial charge in [-0.3, -0.25) is 9.69 Å². The van der Waals surface area contributed by atoms with Crippen LogP contribution in [-0.2, 0) is 0 Å². The molecule has 0 bridgehead atoms. The summed E-state index contributed by atoms with van der Waals surface area (Å²) in [6.45, 7) is 5.78. The summed E-state index contributed by atoms with van der Waals surface area (Å²) in [6.07, 6.45) is 7.15. The van der Waals surface area contributed by atoms with Crippen molar-refractivity contribution in [3.63, 3.8) is 0 Å². The van der Waals surface area contributed by atoms with E-state index >= 15 is 0 Å². The van der Waals surface area contributed by atoms with Crippen molar-refractivity contribution in [2.24, 2.45) is 0 Å². The van der Waals surface area contributed by atoms with Gasteiger partial charge in [0.05, 0.1) is 18.2 Å². The number of aliphatic hydroxyl groups is 1. The van der Waals surface area contributed by atoms with E-state index in [1.807, 2.05) is 42.0 Å². The highest BCUT2D eigenvalue weighted by molar-refractivity contribution is 5.94. The van der Waals surface area contributed by atoms with Gasteiger partial charge in [0.2, 0.25) is 0 Å². The van der Waals surface area contributed by atoms with Gasteiger partial charge in [0.1, 0.15) is 18.2 Å². The average molecular weight is 413 g/mol. The molecule has 1 saturated carbocycles. The summed E-state index contributed by atoms with van der Waals surface area (Å²) >= 11 is 0. The van der Waals surface area contributed by atoms with Gasteiger partial charge in [-0.15, -0.1) is 0 Å². The van der Waals surface area contributed by atoms with E-state index in [1.54, 1.807) is 18.1 Å². The number of rotatable bonds is 7. The molecule has 3 atom stereocenters. The molecule has 7 heteroatoms. The summed E-state index contributed by atoms with van der Waals surface area (Å²) in [5, 5.41) is 10.9. The number of likely N-dealkylation sites (N-methyl/N-ethyl adjacent to an activating group) is 1. The Hall–Kier alpha value is -2.38. The van der Waals surface area contributed by atoms with Crippen LogP contribution in [0.4, 0.5) is 0 Å². The van der Waals surface area contributed by atoms with E-state index in [0.717, 1.165) is 38.3 Å². The lowest BCUT2D eigenvalue weighted by atomic mass is 10.1. The molecule has 1 aliphatic carbocycles. The van der Waals surface area contributed by atoms with Crippen LogP contribution in [0.1, 0.15) is 47.9 Å². The van der Waals surface area contributed by atoms with E-state index in [-0.39, 0.29) is 18.0 Å². The summed E-state index contributed by atoms with van der Waals surface area (Å²) in [6, 6.07) is 7.10. The first-order valence-corrected chi connectivity index (χ1v) is 10.9. The summed E-state index contributed by atoms with van der Waals surface area (Å²) in [7, 11) is 1.78. The number of aryl methyl sites for hydroxylation is 1. The van der Waals surface area contributed by atoms with Gasteiger partial charge in [0.15, 0.2) is 0 Å². The molecule has 1 aliphatic heterocycles. The summed E-state index contributed by atoms with van der Waals surface area (Å²) in [5.41, 5.74) is 0.589. The maximum atomic E-state index is 13.1. The van der Waals surface area contributed by atoms with Crippen molar-refractivity contribution in [2.45, 2.75) is 50.8 Å². The van der Waals surface area contributed by atoms with Crippen molar-refractivity contribution in [3.8, 4) is 5.75 Å². The molecular weight excluding hydrogens is 380 g/mol. The molecule has 1 saturated heterocycles. The molecule has 7 nitrogen and oxygen atoms in total. The number of ether oxygens (including phenoxy) is 1. The molecule has 2 aliphatic rings. The first kappa shape index (κ1) is 20.9. The van der Waals surface area contributed by atoms with Gasteiger partial charge in [0, 0.05) is 31.5 Å². The van der Waals surface area contributed by atoms with Crippen LogP contribution < -0.4 is 4.74 Å². The second kappa shape index (κ2) is 9.18. The molecular formula is C23H32N4O3. The highest BCUT2D eigenvalue weighted by Gasteiger charge is 2.40. The molecule has 30 heavy (non-hydrogen) atoms. The van der Waals surface area contributed by atoms with Crippen LogP contribution >= 0.6 is 0 Å². The number of hydrogen-bond acceptors (Lipinski definition) is 5. The minimum absolute atomic E-state index is 0.0481. The quantitative estimate of drug-likeness (QED) is 0.757. The fourth-order valence-electron chi connectivity index (χ4n) is 4.78. The number of carbonyl (C=O) groups is 1. The number of aliphatic hydroxyl groups excluding tert-OH is 1. The normalized spacial score (nSPS) is 24.3. The van der Waals surface area contributed by atoms with Crippen molar-refractivity contribution in [2.75, 3.05) is 33.3 Å². The Kier molecular flexibility index (Phi) is 6.39. The predicted molar refractivity (Wildman–Crippen MR) is 115 cm³/mol. The number of carbonyl (C=O) groups excluding carboxylic acids is 1. The maximum absolute atomic E-state index is 13.1. The number of hydrogen-bond donors (Lipinski definition) is 1. The highest BCUT2D eigenvalue weighted by Crippen LogP contribution is 2.34. The number of aromatic nitrogens is 2. The second-order valence-electron chi connectivity index (χ2n) is 8.43. The Morgan fingerprint density at radius 2 is 2.10 bits per heavy atom. The van der Waals surface area contributed by atoms with E-state index in [0.29, 0.717) is 17.9 Å². The first-order valence-electron chi connectivity index (χ1n) is 10.9. The minimum atomic E-state index is -0.619. The molecule has 1 N–H and O–H groups in total. The lowest BCUT2D eigenvalue weighted by Crippen LogP contribution is -2.43. The molecule has 2 heterocycles. The van der Waals surface area contributed by atoms with E-state index in [9.17, 15) is 9.90 Å². The van der Waals surface area contributed by atoms with Crippen LogP contribution in [0.3, 0.4) is 0 Å². The van der Waals surface area contributed by atoms with Gasteiger partial charge >= 0.3 is 0 Å². The number of imidazole rings is 1.